The number of likely N-dealkylation sites (tertiary alicyclic amines) is 1. The van der Waals surface area contributed by atoms with Crippen molar-refractivity contribution in [1.29, 1.82) is 0 Å². The number of hydrogen-bond acceptors (Lipinski definition) is 8. The van der Waals surface area contributed by atoms with E-state index in [0.29, 0.717) is 55.5 Å². The average molecular weight is 523 g/mol. The van der Waals surface area contributed by atoms with Crippen molar-refractivity contribution in [3.63, 3.8) is 0 Å². The molecule has 0 spiro atoms. The number of halogens is 1. The Hall–Kier alpha value is -2.59. The number of alkyl halides is 1. The Bertz CT molecular complexity index is 1180. The lowest BCUT2D eigenvalue weighted by atomic mass is 10.1. The van der Waals surface area contributed by atoms with Crippen LogP contribution in [0, 0.1) is 0 Å². The molecule has 1 saturated heterocycles. The summed E-state index contributed by atoms with van der Waals surface area (Å²) in [6.45, 7) is 7.37. The molecule has 2 aromatic rings. The summed E-state index contributed by atoms with van der Waals surface area (Å²) in [5.41, 5.74) is 1.36. The molecule has 1 fully saturated rings. The van der Waals surface area contributed by atoms with E-state index in [0.717, 1.165) is 11.3 Å². The Morgan fingerprint density at radius 2 is 1.89 bits per heavy atom. The van der Waals surface area contributed by atoms with E-state index in [-0.39, 0.29) is 23.8 Å². The van der Waals surface area contributed by atoms with Gasteiger partial charge in [0.1, 0.15) is 23.9 Å². The third-order valence-electron chi connectivity index (χ3n) is 5.94. The highest BCUT2D eigenvalue weighted by Gasteiger charge is 2.29. The van der Waals surface area contributed by atoms with Crippen LogP contribution in [-0.2, 0) is 21.0 Å². The number of fused-ring (bicyclic) bond motifs is 1. The summed E-state index contributed by atoms with van der Waals surface area (Å²) < 4.78 is 36.3. The van der Waals surface area contributed by atoms with Crippen LogP contribution in [-0.4, -0.2) is 72.4 Å². The number of piperidine rings is 1. The predicted octanol–water partition coefficient (Wildman–Crippen LogP) is 3.96. The fraction of sp³-hybridized carbons (Fsp3) is 0.542. The second kappa shape index (κ2) is 10.2. The van der Waals surface area contributed by atoms with Gasteiger partial charge in [0.15, 0.2) is 9.84 Å². The van der Waals surface area contributed by atoms with Crippen LogP contribution in [0.3, 0.4) is 0 Å². The van der Waals surface area contributed by atoms with Crippen molar-refractivity contribution in [2.24, 2.45) is 0 Å². The smallest absolute Gasteiger partial charge is 0.410 e. The highest BCUT2D eigenvalue weighted by Crippen LogP contribution is 2.36. The quantitative estimate of drug-likeness (QED) is 0.525. The standard InChI is InChI=1S/C24H31ClN4O5S/c1-24(2,3)34-23(30)28-10-7-18(8-11-28)33-22-15-21(26-16-27-22)29-12-6-17-14-19(4-5-20(17)29)35(31,32)13-9-25/h4-5,14-16,18H,6-13H2,1-3H3. The molecule has 11 heteroatoms. The number of benzene rings is 1. The first-order valence-electron chi connectivity index (χ1n) is 11.7. The molecule has 0 atom stereocenters. The van der Waals surface area contributed by atoms with Gasteiger partial charge in [0.2, 0.25) is 5.88 Å². The number of amides is 1. The number of ether oxygens (including phenoxy) is 2. The summed E-state index contributed by atoms with van der Waals surface area (Å²) in [7, 11) is -3.38. The van der Waals surface area contributed by atoms with Gasteiger partial charge in [-0.2, -0.15) is 0 Å². The van der Waals surface area contributed by atoms with Crippen LogP contribution in [0.25, 0.3) is 0 Å². The summed E-state index contributed by atoms with van der Waals surface area (Å²) >= 11 is 5.65. The van der Waals surface area contributed by atoms with Crippen molar-refractivity contribution in [3.05, 3.63) is 36.2 Å². The number of aromatic nitrogens is 2. The third kappa shape index (κ3) is 6.16. The van der Waals surface area contributed by atoms with Crippen molar-refractivity contribution in [2.45, 2.75) is 56.6 Å². The van der Waals surface area contributed by atoms with E-state index in [1.54, 1.807) is 23.1 Å². The molecule has 0 N–H and O–H groups in total. The van der Waals surface area contributed by atoms with Crippen LogP contribution < -0.4 is 9.64 Å². The Balaban J connectivity index is 1.40. The highest BCUT2D eigenvalue weighted by atomic mass is 35.5. The van der Waals surface area contributed by atoms with Crippen LogP contribution in [0.1, 0.15) is 39.2 Å². The monoisotopic (exact) mass is 522 g/mol. The van der Waals surface area contributed by atoms with Crippen molar-refractivity contribution < 1.29 is 22.7 Å². The number of rotatable bonds is 6. The Morgan fingerprint density at radius 1 is 1.14 bits per heavy atom. The lowest BCUT2D eigenvalue weighted by molar-refractivity contribution is 0.0123. The Morgan fingerprint density at radius 3 is 2.57 bits per heavy atom. The first kappa shape index (κ1) is 25.5. The minimum atomic E-state index is -3.38. The molecule has 35 heavy (non-hydrogen) atoms. The maximum Gasteiger partial charge on any atom is 0.410 e. The zero-order valence-electron chi connectivity index (χ0n) is 20.2. The third-order valence-corrected chi connectivity index (χ3v) is 8.06. The van der Waals surface area contributed by atoms with Crippen molar-refractivity contribution in [3.8, 4) is 5.88 Å². The minimum absolute atomic E-state index is 0.0583. The zero-order chi connectivity index (χ0) is 25.2. The number of sulfone groups is 1. The molecule has 1 aromatic carbocycles. The van der Waals surface area contributed by atoms with Gasteiger partial charge in [-0.3, -0.25) is 0 Å². The van der Waals surface area contributed by atoms with E-state index >= 15 is 0 Å². The molecule has 0 radical (unpaired) electrons. The maximum absolute atomic E-state index is 12.4. The Labute approximate surface area is 211 Å². The number of nitrogens with zero attached hydrogens (tertiary/aromatic N) is 4. The fourth-order valence-electron chi connectivity index (χ4n) is 4.22. The van der Waals surface area contributed by atoms with Crippen molar-refractivity contribution in [1.82, 2.24) is 14.9 Å². The number of anilines is 2. The number of carbonyl (C=O) groups is 1. The molecule has 0 unspecified atom stereocenters. The molecule has 9 nitrogen and oxygen atoms in total. The normalized spacial score (nSPS) is 16.8. The zero-order valence-corrected chi connectivity index (χ0v) is 21.8. The molecular formula is C24H31ClN4O5S. The van der Waals surface area contributed by atoms with Gasteiger partial charge in [-0.05, 0) is 51.0 Å². The molecule has 1 amide bonds. The number of hydrogen-bond donors (Lipinski definition) is 0. The van der Waals surface area contributed by atoms with Gasteiger partial charge in [-0.15, -0.1) is 11.6 Å². The maximum atomic E-state index is 12.4. The molecule has 0 aliphatic carbocycles. The van der Waals surface area contributed by atoms with E-state index in [4.69, 9.17) is 21.1 Å². The molecular weight excluding hydrogens is 492 g/mol. The molecule has 1 aromatic heterocycles. The van der Waals surface area contributed by atoms with Gasteiger partial charge in [0, 0.05) is 50.1 Å². The first-order chi connectivity index (χ1) is 16.6. The molecule has 2 aliphatic rings. The van der Waals surface area contributed by atoms with E-state index in [1.807, 2.05) is 31.7 Å². The predicted molar refractivity (Wildman–Crippen MR) is 133 cm³/mol. The average Bonchev–Trinajstić information content (AvgIpc) is 3.22. The van der Waals surface area contributed by atoms with E-state index in [1.165, 1.54) is 6.33 Å². The first-order valence-corrected chi connectivity index (χ1v) is 13.9. The van der Waals surface area contributed by atoms with Gasteiger partial charge in [0.25, 0.3) is 0 Å². The van der Waals surface area contributed by atoms with E-state index < -0.39 is 15.4 Å². The van der Waals surface area contributed by atoms with E-state index in [9.17, 15) is 13.2 Å². The van der Waals surface area contributed by atoms with Crippen LogP contribution in [0.15, 0.2) is 35.5 Å². The molecule has 190 valence electrons. The number of carbonyl (C=O) groups excluding carboxylic acids is 1. The van der Waals surface area contributed by atoms with Gasteiger partial charge in [-0.25, -0.2) is 23.2 Å². The van der Waals surface area contributed by atoms with Crippen LogP contribution in [0.2, 0.25) is 0 Å². The highest BCUT2D eigenvalue weighted by molar-refractivity contribution is 7.91. The van der Waals surface area contributed by atoms with Gasteiger partial charge in [0.05, 0.1) is 10.6 Å². The molecule has 3 heterocycles. The van der Waals surface area contributed by atoms with Gasteiger partial charge >= 0.3 is 6.09 Å². The van der Waals surface area contributed by atoms with Crippen LogP contribution in [0.5, 0.6) is 5.88 Å². The molecule has 4 rings (SSSR count). The lowest BCUT2D eigenvalue weighted by Crippen LogP contribution is -2.44. The SMILES string of the molecule is CC(C)(C)OC(=O)N1CCC(Oc2cc(N3CCc4cc(S(=O)(=O)CCCl)ccc43)ncn2)CC1. The van der Waals surface area contributed by atoms with E-state index in [2.05, 4.69) is 9.97 Å². The summed E-state index contributed by atoms with van der Waals surface area (Å²) in [5.74, 6) is 1.15. The van der Waals surface area contributed by atoms with Crippen molar-refractivity contribution in [2.75, 3.05) is 36.2 Å². The Kier molecular flexibility index (Phi) is 7.42. The minimum Gasteiger partial charge on any atom is -0.474 e. The van der Waals surface area contributed by atoms with Crippen LogP contribution >= 0.6 is 11.6 Å². The van der Waals surface area contributed by atoms with Gasteiger partial charge < -0.3 is 19.3 Å². The topological polar surface area (TPSA) is 102 Å². The summed E-state index contributed by atoms with van der Waals surface area (Å²) in [6.07, 6.45) is 3.19. The van der Waals surface area contributed by atoms with Gasteiger partial charge in [-0.1, -0.05) is 0 Å². The summed E-state index contributed by atoms with van der Waals surface area (Å²) in [5, 5.41) is 0. The fourth-order valence-corrected chi connectivity index (χ4v) is 5.87. The largest absolute Gasteiger partial charge is 0.474 e. The summed E-state index contributed by atoms with van der Waals surface area (Å²) in [4.78, 5) is 25.0. The van der Waals surface area contributed by atoms with Crippen molar-refractivity contribution >= 4 is 39.0 Å². The molecule has 0 saturated carbocycles. The lowest BCUT2D eigenvalue weighted by Gasteiger charge is -2.33. The molecule has 0 bridgehead atoms. The second-order valence-electron chi connectivity index (χ2n) is 9.70. The summed E-state index contributed by atoms with van der Waals surface area (Å²) in [6, 6.07) is 6.97. The molecule has 2 aliphatic heterocycles. The van der Waals surface area contributed by atoms with Crippen LogP contribution in [0.4, 0.5) is 16.3 Å². The second-order valence-corrected chi connectivity index (χ2v) is 12.2.